The number of thiophene rings is 1. The molecule has 0 aliphatic heterocycles. The molecule has 0 spiro atoms. The van der Waals surface area contributed by atoms with Crippen LogP contribution < -0.4 is 5.73 Å². The van der Waals surface area contributed by atoms with E-state index in [4.69, 9.17) is 17.3 Å². The third kappa shape index (κ3) is 2.14. The van der Waals surface area contributed by atoms with E-state index in [9.17, 15) is 0 Å². The Morgan fingerprint density at radius 3 is 2.85 bits per heavy atom. The molecule has 6 heteroatoms. The number of halogens is 1. The first kappa shape index (κ1) is 13.3. The molecule has 20 heavy (non-hydrogen) atoms. The van der Waals surface area contributed by atoms with Gasteiger partial charge in [-0.2, -0.15) is 0 Å². The summed E-state index contributed by atoms with van der Waals surface area (Å²) in [6, 6.07) is 9.80. The molecule has 0 amide bonds. The van der Waals surface area contributed by atoms with Crippen molar-refractivity contribution in [2.45, 2.75) is 13.5 Å². The maximum Gasteiger partial charge on any atom is 0.109 e. The smallest absolute Gasteiger partial charge is 0.109 e. The topological polar surface area (TPSA) is 56.7 Å². The van der Waals surface area contributed by atoms with Gasteiger partial charge in [0.2, 0.25) is 0 Å². The lowest BCUT2D eigenvalue weighted by Gasteiger charge is -2.10. The largest absolute Gasteiger partial charge is 0.325 e. The lowest BCUT2D eigenvalue weighted by Crippen LogP contribution is -2.03. The van der Waals surface area contributed by atoms with Gasteiger partial charge < -0.3 is 5.73 Å². The van der Waals surface area contributed by atoms with Gasteiger partial charge in [-0.05, 0) is 36.1 Å². The van der Waals surface area contributed by atoms with Gasteiger partial charge >= 0.3 is 0 Å². The van der Waals surface area contributed by atoms with Crippen LogP contribution >= 0.6 is 22.9 Å². The van der Waals surface area contributed by atoms with Gasteiger partial charge in [0.25, 0.3) is 0 Å². The van der Waals surface area contributed by atoms with Gasteiger partial charge in [0.15, 0.2) is 0 Å². The summed E-state index contributed by atoms with van der Waals surface area (Å²) in [5.74, 6) is 0. The van der Waals surface area contributed by atoms with Crippen LogP contribution in [0.3, 0.4) is 0 Å². The van der Waals surface area contributed by atoms with Gasteiger partial charge in [-0.3, -0.25) is 0 Å². The van der Waals surface area contributed by atoms with Crippen molar-refractivity contribution >= 4 is 22.9 Å². The van der Waals surface area contributed by atoms with Gasteiger partial charge in [0.1, 0.15) is 11.4 Å². The van der Waals surface area contributed by atoms with Crippen molar-refractivity contribution in [2.75, 3.05) is 0 Å². The molecule has 102 valence electrons. The molecule has 1 aromatic carbocycles. The Bertz CT molecular complexity index is 734. The number of hydrogen-bond donors (Lipinski definition) is 1. The molecule has 0 aliphatic rings. The highest BCUT2D eigenvalue weighted by Gasteiger charge is 2.17. The van der Waals surface area contributed by atoms with E-state index in [0.29, 0.717) is 11.6 Å². The first-order valence-electron chi connectivity index (χ1n) is 6.16. The van der Waals surface area contributed by atoms with E-state index in [1.807, 2.05) is 47.3 Å². The Morgan fingerprint density at radius 1 is 1.30 bits per heavy atom. The number of aromatic nitrogens is 3. The van der Waals surface area contributed by atoms with Gasteiger partial charge in [-0.25, -0.2) is 4.68 Å². The van der Waals surface area contributed by atoms with E-state index >= 15 is 0 Å². The first-order chi connectivity index (χ1) is 9.72. The second kappa shape index (κ2) is 5.36. The van der Waals surface area contributed by atoms with Crippen LogP contribution in [0.5, 0.6) is 0 Å². The summed E-state index contributed by atoms with van der Waals surface area (Å²) < 4.78 is 1.81. The average molecular weight is 305 g/mol. The summed E-state index contributed by atoms with van der Waals surface area (Å²) >= 11 is 7.84. The third-order valence-corrected chi connectivity index (χ3v) is 4.44. The van der Waals surface area contributed by atoms with Crippen LogP contribution in [0.4, 0.5) is 0 Å². The molecule has 0 aliphatic carbocycles. The van der Waals surface area contributed by atoms with Crippen molar-refractivity contribution in [1.82, 2.24) is 15.0 Å². The average Bonchev–Trinajstić information content (AvgIpc) is 3.09. The van der Waals surface area contributed by atoms with Crippen LogP contribution in [0, 0.1) is 6.92 Å². The van der Waals surface area contributed by atoms with Crippen molar-refractivity contribution in [3.05, 3.63) is 52.0 Å². The lowest BCUT2D eigenvalue weighted by molar-refractivity contribution is 0.796. The Kier molecular flexibility index (Phi) is 3.56. The molecule has 2 heterocycles. The fraction of sp³-hybridized carbons (Fsp3) is 0.143. The summed E-state index contributed by atoms with van der Waals surface area (Å²) in [6.07, 6.45) is 0. The normalized spacial score (nSPS) is 10.9. The Hall–Kier alpha value is -1.69. The molecular weight excluding hydrogens is 292 g/mol. The third-order valence-electron chi connectivity index (χ3n) is 3.16. The molecule has 3 aromatic rings. The second-order valence-electron chi connectivity index (χ2n) is 4.36. The van der Waals surface area contributed by atoms with E-state index in [1.54, 1.807) is 11.3 Å². The van der Waals surface area contributed by atoms with Crippen LogP contribution in [0.15, 0.2) is 35.7 Å². The molecule has 0 unspecified atom stereocenters. The number of benzene rings is 1. The van der Waals surface area contributed by atoms with Gasteiger partial charge in [0, 0.05) is 11.6 Å². The number of nitrogens with two attached hydrogens (primary N) is 1. The summed E-state index contributed by atoms with van der Waals surface area (Å²) in [5.41, 5.74) is 9.40. The zero-order chi connectivity index (χ0) is 14.1. The van der Waals surface area contributed by atoms with E-state index < -0.39 is 0 Å². The molecule has 2 N–H and O–H groups in total. The minimum Gasteiger partial charge on any atom is -0.325 e. The fourth-order valence-corrected chi connectivity index (χ4v) is 3.05. The van der Waals surface area contributed by atoms with E-state index in [1.165, 1.54) is 0 Å². The maximum atomic E-state index is 6.20. The highest BCUT2D eigenvalue weighted by molar-refractivity contribution is 7.13. The molecule has 3 rings (SSSR count). The Morgan fingerprint density at radius 2 is 2.15 bits per heavy atom. The van der Waals surface area contributed by atoms with E-state index in [-0.39, 0.29) is 0 Å². The molecule has 0 fully saturated rings. The molecule has 0 saturated carbocycles. The number of nitrogens with zero attached hydrogens (tertiary/aromatic N) is 3. The van der Waals surface area contributed by atoms with Gasteiger partial charge in [0.05, 0.1) is 10.6 Å². The number of hydrogen-bond acceptors (Lipinski definition) is 4. The standard InChI is InChI=1S/C14H13ClN4S/c1-9-10(15)4-2-5-12(9)19-14(11(8-16)17-18-19)13-6-3-7-20-13/h2-7H,8,16H2,1H3. The zero-order valence-electron chi connectivity index (χ0n) is 10.9. The SMILES string of the molecule is Cc1c(Cl)cccc1-n1nnc(CN)c1-c1cccs1. The fourth-order valence-electron chi connectivity index (χ4n) is 2.10. The predicted molar refractivity (Wildman–Crippen MR) is 82.3 cm³/mol. The van der Waals surface area contributed by atoms with Crippen molar-refractivity contribution in [3.63, 3.8) is 0 Å². The van der Waals surface area contributed by atoms with Crippen LogP contribution in [0.1, 0.15) is 11.3 Å². The van der Waals surface area contributed by atoms with Crippen LogP contribution in [0.2, 0.25) is 5.02 Å². The molecule has 0 atom stereocenters. The first-order valence-corrected chi connectivity index (χ1v) is 7.42. The summed E-state index contributed by atoms with van der Waals surface area (Å²) in [5, 5.41) is 11.2. The minimum absolute atomic E-state index is 0.354. The molecule has 0 radical (unpaired) electrons. The van der Waals surface area contributed by atoms with Crippen molar-refractivity contribution < 1.29 is 0 Å². The van der Waals surface area contributed by atoms with Crippen LogP contribution in [-0.2, 0) is 6.54 Å². The molecular formula is C14H13ClN4S. The maximum absolute atomic E-state index is 6.20. The summed E-state index contributed by atoms with van der Waals surface area (Å²) in [4.78, 5) is 1.09. The summed E-state index contributed by atoms with van der Waals surface area (Å²) in [6.45, 7) is 2.33. The summed E-state index contributed by atoms with van der Waals surface area (Å²) in [7, 11) is 0. The Balaban J connectivity index is 2.25. The minimum atomic E-state index is 0.354. The van der Waals surface area contributed by atoms with Crippen molar-refractivity contribution in [3.8, 4) is 16.3 Å². The quantitative estimate of drug-likeness (QED) is 0.806. The zero-order valence-corrected chi connectivity index (χ0v) is 12.4. The van der Waals surface area contributed by atoms with Gasteiger partial charge in [-0.15, -0.1) is 16.4 Å². The Labute approximate surface area is 125 Å². The molecule has 2 aromatic heterocycles. The van der Waals surface area contributed by atoms with E-state index in [0.717, 1.165) is 27.5 Å². The molecule has 0 bridgehead atoms. The van der Waals surface area contributed by atoms with Crippen LogP contribution in [0.25, 0.3) is 16.3 Å². The molecule has 4 nitrogen and oxygen atoms in total. The van der Waals surface area contributed by atoms with Crippen LogP contribution in [-0.4, -0.2) is 15.0 Å². The molecule has 0 saturated heterocycles. The number of rotatable bonds is 3. The predicted octanol–water partition coefficient (Wildman–Crippen LogP) is 3.42. The lowest BCUT2D eigenvalue weighted by atomic mass is 10.2. The van der Waals surface area contributed by atoms with E-state index in [2.05, 4.69) is 10.3 Å². The van der Waals surface area contributed by atoms with Crippen molar-refractivity contribution in [2.24, 2.45) is 5.73 Å². The van der Waals surface area contributed by atoms with Crippen molar-refractivity contribution in [1.29, 1.82) is 0 Å². The monoisotopic (exact) mass is 304 g/mol. The highest BCUT2D eigenvalue weighted by Crippen LogP contribution is 2.31. The highest BCUT2D eigenvalue weighted by atomic mass is 35.5. The van der Waals surface area contributed by atoms with Gasteiger partial charge in [-0.1, -0.05) is 28.9 Å². The second-order valence-corrected chi connectivity index (χ2v) is 5.72.